The van der Waals surface area contributed by atoms with E-state index in [2.05, 4.69) is 11.9 Å². The van der Waals surface area contributed by atoms with Gasteiger partial charge in [-0.25, -0.2) is 14.4 Å². The number of ether oxygens (including phenoxy) is 1. The monoisotopic (exact) mass is 522 g/mol. The third-order valence-corrected chi connectivity index (χ3v) is 5.89. The third-order valence-electron chi connectivity index (χ3n) is 5.89. The fourth-order valence-corrected chi connectivity index (χ4v) is 3.96. The van der Waals surface area contributed by atoms with Crippen molar-refractivity contribution >= 4 is 29.7 Å². The van der Waals surface area contributed by atoms with Crippen molar-refractivity contribution in [2.75, 3.05) is 5.32 Å². The highest BCUT2D eigenvalue weighted by Crippen LogP contribution is 2.25. The number of carbonyl (C=O) groups is 3. The number of carboxylic acids is 2. The Kier molecular flexibility index (Phi) is 8.38. The van der Waals surface area contributed by atoms with Gasteiger partial charge in [-0.05, 0) is 53.1 Å². The lowest BCUT2D eigenvalue weighted by molar-refractivity contribution is 0.0681. The average Bonchev–Trinajstić information content (AvgIpc) is 2.94. The molecule has 0 aliphatic carbocycles. The summed E-state index contributed by atoms with van der Waals surface area (Å²) in [6, 6.07) is 27.7. The summed E-state index contributed by atoms with van der Waals surface area (Å²) in [7, 11) is 0. The molecule has 8 nitrogen and oxygen atoms in total. The molecule has 0 aromatic heterocycles. The summed E-state index contributed by atoms with van der Waals surface area (Å²) in [6.07, 6.45) is 1.26. The van der Waals surface area contributed by atoms with Crippen LogP contribution in [0.4, 0.5) is 10.5 Å². The number of nitrogens with one attached hydrogen (secondary N) is 1. The van der Waals surface area contributed by atoms with E-state index in [-0.39, 0.29) is 35.5 Å². The minimum absolute atomic E-state index is 0.125. The van der Waals surface area contributed by atoms with Gasteiger partial charge in [-0.1, -0.05) is 73.3 Å². The van der Waals surface area contributed by atoms with Gasteiger partial charge in [0.1, 0.15) is 11.5 Å². The van der Waals surface area contributed by atoms with Crippen LogP contribution in [0.1, 0.15) is 37.4 Å². The van der Waals surface area contributed by atoms with Crippen molar-refractivity contribution < 1.29 is 29.3 Å². The maximum atomic E-state index is 13.5. The normalized spacial score (nSPS) is 10.4. The molecule has 196 valence electrons. The molecule has 0 saturated heterocycles. The van der Waals surface area contributed by atoms with E-state index < -0.39 is 18.0 Å². The number of amides is 2. The summed E-state index contributed by atoms with van der Waals surface area (Å²) >= 11 is 0. The predicted molar refractivity (Wildman–Crippen MR) is 148 cm³/mol. The highest BCUT2D eigenvalue weighted by Gasteiger charge is 2.22. The lowest BCUT2D eigenvalue weighted by Gasteiger charge is -2.24. The van der Waals surface area contributed by atoms with Crippen molar-refractivity contribution in [3.05, 3.63) is 131 Å². The summed E-state index contributed by atoms with van der Waals surface area (Å²) in [4.78, 5) is 38.6. The largest absolute Gasteiger partial charge is 0.478 e. The lowest BCUT2D eigenvalue weighted by atomic mass is 10.0. The number of carbonyl (C=O) groups excluding carboxylic acids is 1. The molecule has 4 aromatic carbocycles. The van der Waals surface area contributed by atoms with E-state index in [1.165, 1.54) is 17.0 Å². The predicted octanol–water partition coefficient (Wildman–Crippen LogP) is 6.75. The molecule has 0 aliphatic heterocycles. The molecule has 0 saturated carbocycles. The van der Waals surface area contributed by atoms with E-state index in [1.807, 2.05) is 72.8 Å². The Labute approximate surface area is 225 Å². The van der Waals surface area contributed by atoms with Gasteiger partial charge in [0.2, 0.25) is 0 Å². The van der Waals surface area contributed by atoms with Gasteiger partial charge in [-0.3, -0.25) is 0 Å². The summed E-state index contributed by atoms with van der Waals surface area (Å²) in [5.41, 5.74) is 1.27. The molecule has 0 aliphatic rings. The molecule has 0 bridgehead atoms. The quantitative estimate of drug-likeness (QED) is 0.212. The Hall–Kier alpha value is -5.37. The second-order valence-corrected chi connectivity index (χ2v) is 8.63. The van der Waals surface area contributed by atoms with Crippen LogP contribution in [0.15, 0.2) is 104 Å². The topological polar surface area (TPSA) is 116 Å². The van der Waals surface area contributed by atoms with Gasteiger partial charge in [0.15, 0.2) is 0 Å². The first-order valence-corrected chi connectivity index (χ1v) is 12.0. The van der Waals surface area contributed by atoms with E-state index in [9.17, 15) is 24.6 Å². The van der Waals surface area contributed by atoms with Crippen molar-refractivity contribution in [3.63, 3.8) is 0 Å². The number of aromatic carboxylic acids is 2. The molecule has 39 heavy (non-hydrogen) atoms. The van der Waals surface area contributed by atoms with Gasteiger partial charge in [0, 0.05) is 13.1 Å². The van der Waals surface area contributed by atoms with Crippen molar-refractivity contribution in [2.45, 2.75) is 13.1 Å². The molecule has 2 amide bonds. The highest BCUT2D eigenvalue weighted by atomic mass is 16.5. The summed E-state index contributed by atoms with van der Waals surface area (Å²) in [5, 5.41) is 21.9. The summed E-state index contributed by atoms with van der Waals surface area (Å²) < 4.78 is 5.84. The van der Waals surface area contributed by atoms with E-state index >= 15 is 0 Å². The average molecular weight is 523 g/mol. The smallest absolute Gasteiger partial charge is 0.337 e. The number of urea groups is 1. The fraction of sp³-hybridized carbons (Fsp3) is 0.0645. The Morgan fingerprint density at radius 2 is 1.28 bits per heavy atom. The van der Waals surface area contributed by atoms with Crippen molar-refractivity contribution in [3.8, 4) is 11.5 Å². The summed E-state index contributed by atoms with van der Waals surface area (Å²) in [5.74, 6) is -1.24. The van der Waals surface area contributed by atoms with Crippen LogP contribution in [0.2, 0.25) is 0 Å². The van der Waals surface area contributed by atoms with Gasteiger partial charge in [-0.2, -0.15) is 0 Å². The number of para-hydroxylation sites is 1. The summed E-state index contributed by atoms with van der Waals surface area (Å²) in [6.45, 7) is 3.99. The zero-order valence-electron chi connectivity index (χ0n) is 20.9. The second kappa shape index (κ2) is 12.2. The first-order valence-electron chi connectivity index (χ1n) is 12.0. The van der Waals surface area contributed by atoms with Crippen LogP contribution in [0.3, 0.4) is 0 Å². The van der Waals surface area contributed by atoms with Gasteiger partial charge >= 0.3 is 18.0 Å². The Morgan fingerprint density at radius 1 is 0.744 bits per heavy atom. The third kappa shape index (κ3) is 6.90. The SMILES string of the molecule is C=Cc1cc(C(=O)O)c(NC(=O)N(Cc2ccccc2)Cc2ccc(Oc3ccccc3)cc2)cc1C(=O)O. The van der Waals surface area contributed by atoms with Crippen LogP contribution in [0.25, 0.3) is 6.08 Å². The minimum Gasteiger partial charge on any atom is -0.478 e. The maximum absolute atomic E-state index is 13.5. The Morgan fingerprint density at radius 3 is 1.85 bits per heavy atom. The van der Waals surface area contributed by atoms with Crippen LogP contribution in [0.5, 0.6) is 11.5 Å². The number of hydrogen-bond donors (Lipinski definition) is 3. The van der Waals surface area contributed by atoms with Crippen LogP contribution in [-0.2, 0) is 13.1 Å². The molecule has 0 unspecified atom stereocenters. The molecule has 8 heteroatoms. The molecule has 0 spiro atoms. The van der Waals surface area contributed by atoms with Gasteiger partial charge in [0.25, 0.3) is 0 Å². The molecule has 3 N–H and O–H groups in total. The fourth-order valence-electron chi connectivity index (χ4n) is 3.96. The molecular weight excluding hydrogens is 496 g/mol. The number of carboxylic acid groups (broad SMARTS) is 2. The standard InChI is InChI=1S/C31H26N2O6/c1-2-23-17-27(30(36)37)28(18-26(23)29(34)35)32-31(38)33(19-21-9-5-3-6-10-21)20-22-13-15-25(16-14-22)39-24-11-7-4-8-12-24/h2-18H,1,19-20H2,(H,32,38)(H,34,35)(H,36,37). The van der Waals surface area contributed by atoms with Crippen LogP contribution in [-0.4, -0.2) is 33.1 Å². The zero-order valence-corrected chi connectivity index (χ0v) is 20.9. The van der Waals surface area contributed by atoms with Gasteiger partial charge in [0.05, 0.1) is 16.8 Å². The molecule has 4 rings (SSSR count). The molecular formula is C31H26N2O6. The molecule has 0 fully saturated rings. The molecule has 0 heterocycles. The van der Waals surface area contributed by atoms with E-state index in [4.69, 9.17) is 4.74 Å². The van der Waals surface area contributed by atoms with E-state index in [0.717, 1.165) is 17.2 Å². The van der Waals surface area contributed by atoms with Gasteiger partial charge < -0.3 is 25.2 Å². The lowest BCUT2D eigenvalue weighted by Crippen LogP contribution is -2.34. The van der Waals surface area contributed by atoms with Crippen LogP contribution in [0, 0.1) is 0 Å². The maximum Gasteiger partial charge on any atom is 0.337 e. The van der Waals surface area contributed by atoms with Crippen molar-refractivity contribution in [1.29, 1.82) is 0 Å². The number of hydrogen-bond acceptors (Lipinski definition) is 4. The van der Waals surface area contributed by atoms with Crippen molar-refractivity contribution in [2.24, 2.45) is 0 Å². The number of benzene rings is 4. The number of anilines is 1. The zero-order chi connectivity index (χ0) is 27.8. The molecule has 0 atom stereocenters. The number of rotatable bonds is 10. The van der Waals surface area contributed by atoms with E-state index in [1.54, 1.807) is 12.1 Å². The Balaban J connectivity index is 1.60. The second-order valence-electron chi connectivity index (χ2n) is 8.63. The molecule has 4 aromatic rings. The number of nitrogens with zero attached hydrogens (tertiary/aromatic N) is 1. The molecule has 0 radical (unpaired) electrons. The van der Waals surface area contributed by atoms with Crippen LogP contribution < -0.4 is 10.1 Å². The van der Waals surface area contributed by atoms with Gasteiger partial charge in [-0.15, -0.1) is 0 Å². The van der Waals surface area contributed by atoms with E-state index in [0.29, 0.717) is 11.5 Å². The highest BCUT2D eigenvalue weighted by molar-refractivity contribution is 6.04. The van der Waals surface area contributed by atoms with Crippen molar-refractivity contribution in [1.82, 2.24) is 4.90 Å². The first-order chi connectivity index (χ1) is 18.8. The minimum atomic E-state index is -1.31. The Bertz CT molecular complexity index is 1490. The van der Waals surface area contributed by atoms with Crippen LogP contribution >= 0.6 is 0 Å². The first kappa shape index (κ1) is 26.7.